The Kier molecular flexibility index (Phi) is 5.52. The first kappa shape index (κ1) is 17.2. The number of carbonyl (C=O) groups is 2. The van der Waals surface area contributed by atoms with E-state index in [0.29, 0.717) is 0 Å². The number of carbonyl (C=O) groups excluding carboxylic acids is 1. The molecule has 0 heterocycles. The number of alkyl halides is 2. The first-order chi connectivity index (χ1) is 10.9. The number of alkyl carbamates (subject to hydrolysis) is 1. The quantitative estimate of drug-likeness (QED) is 0.871. The molecular weight excluding hydrogens is 308 g/mol. The van der Waals surface area contributed by atoms with Gasteiger partial charge in [-0.1, -0.05) is 30.3 Å². The molecule has 1 amide bonds. The second-order valence-electron chi connectivity index (χ2n) is 5.75. The molecule has 5 nitrogen and oxygen atoms in total. The highest BCUT2D eigenvalue weighted by Gasteiger charge is 2.45. The molecule has 0 aromatic heterocycles. The van der Waals surface area contributed by atoms with Gasteiger partial charge in [0.25, 0.3) is 0 Å². The number of nitrogens with one attached hydrogen (secondary N) is 1. The molecule has 0 unspecified atom stereocenters. The lowest BCUT2D eigenvalue weighted by atomic mass is 9.76. The molecule has 126 valence electrons. The number of rotatable bonds is 5. The number of aliphatic carboxylic acids is 1. The molecule has 1 aliphatic carbocycles. The molecule has 0 aliphatic heterocycles. The van der Waals surface area contributed by atoms with Crippen LogP contribution in [-0.4, -0.2) is 29.1 Å². The van der Waals surface area contributed by atoms with Crippen LogP contribution in [0.5, 0.6) is 0 Å². The summed E-state index contributed by atoms with van der Waals surface area (Å²) >= 11 is 0. The summed E-state index contributed by atoms with van der Waals surface area (Å²) in [5.74, 6) is -2.04. The second kappa shape index (κ2) is 7.39. The molecule has 0 radical (unpaired) electrons. The van der Waals surface area contributed by atoms with Gasteiger partial charge in [-0.3, -0.25) is 0 Å². The summed E-state index contributed by atoms with van der Waals surface area (Å²) in [4.78, 5) is 23.4. The van der Waals surface area contributed by atoms with E-state index in [0.717, 1.165) is 5.56 Å². The third-order valence-electron chi connectivity index (χ3n) is 4.20. The van der Waals surface area contributed by atoms with Gasteiger partial charge < -0.3 is 15.2 Å². The lowest BCUT2D eigenvalue weighted by molar-refractivity contribution is -0.147. The van der Waals surface area contributed by atoms with E-state index in [4.69, 9.17) is 4.74 Å². The Labute approximate surface area is 132 Å². The molecule has 0 bridgehead atoms. The molecule has 1 fully saturated rings. The molecule has 0 saturated heterocycles. The van der Waals surface area contributed by atoms with E-state index >= 15 is 0 Å². The largest absolute Gasteiger partial charge is 0.480 e. The van der Waals surface area contributed by atoms with Crippen molar-refractivity contribution in [2.45, 2.75) is 44.3 Å². The number of hydrogen-bond acceptors (Lipinski definition) is 3. The minimum Gasteiger partial charge on any atom is -0.480 e. The van der Waals surface area contributed by atoms with Crippen LogP contribution in [0.1, 0.15) is 31.2 Å². The van der Waals surface area contributed by atoms with Crippen LogP contribution in [0.15, 0.2) is 30.3 Å². The predicted octanol–water partition coefficient (Wildman–Crippen LogP) is 3.19. The van der Waals surface area contributed by atoms with Gasteiger partial charge >= 0.3 is 12.1 Å². The van der Waals surface area contributed by atoms with Crippen LogP contribution in [0, 0.1) is 5.92 Å². The van der Waals surface area contributed by atoms with Crippen LogP contribution in [-0.2, 0) is 16.1 Å². The van der Waals surface area contributed by atoms with E-state index < -0.39 is 29.9 Å². The van der Waals surface area contributed by atoms with Crippen LogP contribution >= 0.6 is 0 Å². The average Bonchev–Trinajstić information content (AvgIpc) is 2.54. The normalized spacial score (nSPS) is 24.2. The molecule has 7 heteroatoms. The third kappa shape index (κ3) is 4.40. The van der Waals surface area contributed by atoms with Gasteiger partial charge in [0.05, 0.1) is 0 Å². The first-order valence-corrected chi connectivity index (χ1v) is 7.43. The topological polar surface area (TPSA) is 75.6 Å². The van der Waals surface area contributed by atoms with Crippen molar-refractivity contribution in [1.29, 1.82) is 0 Å². The lowest BCUT2D eigenvalue weighted by Gasteiger charge is -2.36. The maximum atomic E-state index is 12.7. The fourth-order valence-corrected chi connectivity index (χ4v) is 2.73. The Bertz CT molecular complexity index is 542. The van der Waals surface area contributed by atoms with Crippen LogP contribution in [0.25, 0.3) is 0 Å². The molecule has 2 rings (SSSR count). The number of carboxylic acids is 1. The highest BCUT2D eigenvalue weighted by atomic mass is 19.3. The number of benzene rings is 1. The maximum absolute atomic E-state index is 12.7. The van der Waals surface area contributed by atoms with Crippen LogP contribution < -0.4 is 5.32 Å². The van der Waals surface area contributed by atoms with Crippen LogP contribution in [0.2, 0.25) is 0 Å². The minimum atomic E-state index is -2.47. The number of amides is 1. The maximum Gasteiger partial charge on any atom is 0.408 e. The summed E-state index contributed by atoms with van der Waals surface area (Å²) in [7, 11) is 0. The number of ether oxygens (including phenoxy) is 1. The summed E-state index contributed by atoms with van der Waals surface area (Å²) in [6.45, 7) is 0.0159. The minimum absolute atomic E-state index is 0.0159. The molecule has 23 heavy (non-hydrogen) atoms. The molecule has 0 atom stereocenters. The first-order valence-electron chi connectivity index (χ1n) is 7.43. The average molecular weight is 327 g/mol. The molecule has 1 aliphatic rings. The summed E-state index contributed by atoms with van der Waals surface area (Å²) in [6.07, 6.45) is -3.26. The van der Waals surface area contributed by atoms with Gasteiger partial charge in [-0.25, -0.2) is 18.4 Å². The fourth-order valence-electron chi connectivity index (χ4n) is 2.73. The van der Waals surface area contributed by atoms with Crippen molar-refractivity contribution >= 4 is 12.1 Å². The van der Waals surface area contributed by atoms with Crippen molar-refractivity contribution in [1.82, 2.24) is 5.32 Å². The Hall–Kier alpha value is -2.18. The predicted molar refractivity (Wildman–Crippen MR) is 78.1 cm³/mol. The zero-order valence-electron chi connectivity index (χ0n) is 12.5. The van der Waals surface area contributed by atoms with E-state index in [9.17, 15) is 23.5 Å². The van der Waals surface area contributed by atoms with Gasteiger partial charge in [0, 0.05) is 5.92 Å². The van der Waals surface area contributed by atoms with Gasteiger partial charge in [0.1, 0.15) is 12.1 Å². The number of halogens is 2. The summed E-state index contributed by atoms with van der Waals surface area (Å²) in [5.41, 5.74) is -0.757. The molecule has 1 saturated carbocycles. The van der Waals surface area contributed by atoms with Crippen molar-refractivity contribution in [2.75, 3.05) is 0 Å². The molecule has 1 aromatic rings. The smallest absolute Gasteiger partial charge is 0.408 e. The van der Waals surface area contributed by atoms with Gasteiger partial charge in [0.15, 0.2) is 0 Å². The summed E-state index contributed by atoms with van der Waals surface area (Å²) in [5, 5.41) is 11.7. The lowest BCUT2D eigenvalue weighted by Crippen LogP contribution is -2.56. The van der Waals surface area contributed by atoms with Gasteiger partial charge in [-0.2, -0.15) is 0 Å². The summed E-state index contributed by atoms with van der Waals surface area (Å²) in [6, 6.07) is 8.95. The van der Waals surface area contributed by atoms with Crippen LogP contribution in [0.3, 0.4) is 0 Å². The van der Waals surface area contributed by atoms with E-state index in [-0.39, 0.29) is 32.3 Å². The Balaban J connectivity index is 1.92. The zero-order valence-corrected chi connectivity index (χ0v) is 12.5. The Morgan fingerprint density at radius 2 is 1.87 bits per heavy atom. The van der Waals surface area contributed by atoms with E-state index in [1.165, 1.54) is 0 Å². The molecule has 0 spiro atoms. The Morgan fingerprint density at radius 3 is 2.39 bits per heavy atom. The molecular formula is C16H19F2NO4. The Morgan fingerprint density at radius 1 is 1.26 bits per heavy atom. The number of carboxylic acid groups (broad SMARTS) is 1. The highest BCUT2D eigenvalue weighted by Crippen LogP contribution is 2.35. The highest BCUT2D eigenvalue weighted by molar-refractivity contribution is 5.84. The van der Waals surface area contributed by atoms with E-state index in [1.807, 2.05) is 6.07 Å². The standard InChI is InChI=1S/C16H19F2NO4/c17-13(18)12-6-8-16(9-7-12,14(20)21)19-15(22)23-10-11-4-2-1-3-5-11/h1-5,12-13H,6-10H2,(H,19,22)(H,20,21). The van der Waals surface area contributed by atoms with Crippen LogP contribution in [0.4, 0.5) is 13.6 Å². The molecule has 2 N–H and O–H groups in total. The van der Waals surface area contributed by atoms with Gasteiger partial charge in [-0.05, 0) is 31.2 Å². The van der Waals surface area contributed by atoms with Gasteiger partial charge in [-0.15, -0.1) is 0 Å². The van der Waals surface area contributed by atoms with Crippen molar-refractivity contribution in [2.24, 2.45) is 5.92 Å². The summed E-state index contributed by atoms with van der Waals surface area (Å²) < 4.78 is 30.4. The van der Waals surface area contributed by atoms with Crippen molar-refractivity contribution in [3.8, 4) is 0 Å². The van der Waals surface area contributed by atoms with E-state index in [2.05, 4.69) is 5.32 Å². The molecule has 1 aromatic carbocycles. The van der Waals surface area contributed by atoms with Crippen molar-refractivity contribution in [3.05, 3.63) is 35.9 Å². The number of hydrogen-bond donors (Lipinski definition) is 2. The fraction of sp³-hybridized carbons (Fsp3) is 0.500. The third-order valence-corrected chi connectivity index (χ3v) is 4.20. The van der Waals surface area contributed by atoms with Gasteiger partial charge in [0.2, 0.25) is 6.43 Å². The van der Waals surface area contributed by atoms with Crippen molar-refractivity contribution in [3.63, 3.8) is 0 Å². The second-order valence-corrected chi connectivity index (χ2v) is 5.75. The van der Waals surface area contributed by atoms with Crippen molar-refractivity contribution < 1.29 is 28.2 Å². The van der Waals surface area contributed by atoms with E-state index in [1.54, 1.807) is 24.3 Å². The monoisotopic (exact) mass is 327 g/mol. The SMILES string of the molecule is O=C(NC1(C(=O)O)CCC(C(F)F)CC1)OCc1ccccc1. The zero-order chi connectivity index (χ0) is 16.9.